The van der Waals surface area contributed by atoms with E-state index in [4.69, 9.17) is 5.26 Å². The van der Waals surface area contributed by atoms with Gasteiger partial charge in [-0.15, -0.1) is 11.8 Å². The van der Waals surface area contributed by atoms with Gasteiger partial charge in [0, 0.05) is 5.75 Å². The van der Waals surface area contributed by atoms with Gasteiger partial charge in [0.1, 0.15) is 6.07 Å². The molecule has 1 heterocycles. The van der Waals surface area contributed by atoms with Crippen LogP contribution in [0.2, 0.25) is 0 Å². The molecule has 0 saturated heterocycles. The molecule has 0 saturated carbocycles. The number of rotatable bonds is 3. The molecule has 0 unspecified atom stereocenters. The van der Waals surface area contributed by atoms with Crippen LogP contribution < -0.4 is 0 Å². The smallest absolute Gasteiger partial charge is 0.103 e. The van der Waals surface area contributed by atoms with E-state index >= 15 is 0 Å². The van der Waals surface area contributed by atoms with Crippen LogP contribution in [0.3, 0.4) is 0 Å². The zero-order valence-electron chi connectivity index (χ0n) is 8.00. The second kappa shape index (κ2) is 4.64. The van der Waals surface area contributed by atoms with Gasteiger partial charge in [-0.25, -0.2) is 0 Å². The fraction of sp³-hybridized carbons (Fsp3) is 0.556. The average molecular weight is 212 g/mol. The average Bonchev–Trinajstić information content (AvgIpc) is 2.42. The first-order chi connectivity index (χ1) is 6.15. The molecule has 0 aliphatic rings. The lowest BCUT2D eigenvalue weighted by Crippen LogP contribution is -1.89. The molecule has 0 spiro atoms. The van der Waals surface area contributed by atoms with Gasteiger partial charge >= 0.3 is 0 Å². The Hall–Kier alpha value is -0.530. The van der Waals surface area contributed by atoms with Gasteiger partial charge in [-0.3, -0.25) is 0 Å². The molecular formula is C9H12N2S2. The van der Waals surface area contributed by atoms with Crippen molar-refractivity contribution >= 4 is 23.3 Å². The third-order valence-electron chi connectivity index (χ3n) is 1.49. The van der Waals surface area contributed by atoms with Gasteiger partial charge in [0.15, 0.2) is 0 Å². The lowest BCUT2D eigenvalue weighted by atomic mass is 10.3. The number of thioether (sulfide) groups is 1. The molecule has 4 heteroatoms. The van der Waals surface area contributed by atoms with E-state index in [2.05, 4.69) is 24.3 Å². The Morgan fingerprint density at radius 1 is 1.62 bits per heavy atom. The van der Waals surface area contributed by atoms with E-state index < -0.39 is 0 Å². The molecule has 13 heavy (non-hydrogen) atoms. The molecular weight excluding hydrogens is 200 g/mol. The lowest BCUT2D eigenvalue weighted by molar-refractivity contribution is 0.750. The van der Waals surface area contributed by atoms with Gasteiger partial charge < -0.3 is 0 Å². The minimum absolute atomic E-state index is 0.652. The molecule has 0 radical (unpaired) electrons. The monoisotopic (exact) mass is 212 g/mol. The second-order valence-corrected chi connectivity index (χ2v) is 5.31. The summed E-state index contributed by atoms with van der Waals surface area (Å²) in [6.45, 7) is 6.23. The van der Waals surface area contributed by atoms with Crippen molar-refractivity contribution in [2.75, 3.05) is 5.75 Å². The van der Waals surface area contributed by atoms with Gasteiger partial charge in [-0.1, -0.05) is 13.8 Å². The molecule has 0 bridgehead atoms. The van der Waals surface area contributed by atoms with Crippen molar-refractivity contribution in [3.05, 3.63) is 11.3 Å². The van der Waals surface area contributed by atoms with Gasteiger partial charge in [-0.05, 0) is 24.4 Å². The van der Waals surface area contributed by atoms with Crippen LogP contribution in [0.4, 0.5) is 0 Å². The molecule has 70 valence electrons. The maximum Gasteiger partial charge on any atom is 0.103 e. The summed E-state index contributed by atoms with van der Waals surface area (Å²) in [5, 5.41) is 8.86. The number of nitriles is 1. The zero-order valence-corrected chi connectivity index (χ0v) is 9.63. The summed E-state index contributed by atoms with van der Waals surface area (Å²) >= 11 is 3.17. The van der Waals surface area contributed by atoms with Gasteiger partial charge in [0.25, 0.3) is 0 Å². The maximum atomic E-state index is 8.86. The zero-order chi connectivity index (χ0) is 9.84. The van der Waals surface area contributed by atoms with Crippen LogP contribution >= 0.6 is 23.3 Å². The minimum Gasteiger partial charge on any atom is -0.195 e. The quantitative estimate of drug-likeness (QED) is 0.722. The van der Waals surface area contributed by atoms with Gasteiger partial charge in [0.2, 0.25) is 0 Å². The molecule has 0 fully saturated rings. The lowest BCUT2D eigenvalue weighted by Gasteiger charge is -2.01. The summed E-state index contributed by atoms with van der Waals surface area (Å²) in [5.41, 5.74) is 1.62. The van der Waals surface area contributed by atoms with Crippen LogP contribution in [0.5, 0.6) is 0 Å². The fourth-order valence-electron chi connectivity index (χ4n) is 0.816. The highest BCUT2D eigenvalue weighted by molar-refractivity contribution is 8.01. The molecule has 1 aromatic heterocycles. The number of hydrogen-bond acceptors (Lipinski definition) is 4. The topological polar surface area (TPSA) is 36.7 Å². The van der Waals surface area contributed by atoms with Crippen molar-refractivity contribution in [3.63, 3.8) is 0 Å². The summed E-state index contributed by atoms with van der Waals surface area (Å²) in [6, 6.07) is 2.19. The predicted octanol–water partition coefficient (Wildman–Crippen LogP) is 3.07. The van der Waals surface area contributed by atoms with Crippen molar-refractivity contribution in [3.8, 4) is 6.07 Å². The molecule has 0 amide bonds. The van der Waals surface area contributed by atoms with Gasteiger partial charge in [-0.2, -0.15) is 9.64 Å². The SMILES string of the molecule is Cc1nsc(SCC(C)C)c1C#N. The van der Waals surface area contributed by atoms with Crippen LogP contribution in [0, 0.1) is 24.2 Å². The number of aryl methyl sites for hydroxylation is 1. The summed E-state index contributed by atoms with van der Waals surface area (Å²) in [7, 11) is 0. The summed E-state index contributed by atoms with van der Waals surface area (Å²) in [5.74, 6) is 1.70. The van der Waals surface area contributed by atoms with E-state index in [9.17, 15) is 0 Å². The van der Waals surface area contributed by atoms with Crippen LogP contribution in [-0.2, 0) is 0 Å². The first kappa shape index (κ1) is 10.6. The van der Waals surface area contributed by atoms with Gasteiger partial charge in [0.05, 0.1) is 15.5 Å². The van der Waals surface area contributed by atoms with Crippen LogP contribution in [0.25, 0.3) is 0 Å². The van der Waals surface area contributed by atoms with E-state index in [0.717, 1.165) is 21.2 Å². The maximum absolute atomic E-state index is 8.86. The minimum atomic E-state index is 0.652. The molecule has 1 rings (SSSR count). The van der Waals surface area contributed by atoms with E-state index in [-0.39, 0.29) is 0 Å². The number of aromatic nitrogens is 1. The third kappa shape index (κ3) is 2.71. The molecule has 1 aromatic rings. The first-order valence-electron chi connectivity index (χ1n) is 4.14. The van der Waals surface area contributed by atoms with E-state index in [1.54, 1.807) is 11.8 Å². The van der Waals surface area contributed by atoms with E-state index in [1.165, 1.54) is 11.5 Å². The normalized spacial score (nSPS) is 10.4. The Balaban J connectivity index is 2.73. The van der Waals surface area contributed by atoms with Crippen molar-refractivity contribution in [1.29, 1.82) is 5.26 Å². The van der Waals surface area contributed by atoms with E-state index in [1.807, 2.05) is 6.92 Å². The third-order valence-corrected chi connectivity index (χ3v) is 4.10. The predicted molar refractivity (Wildman–Crippen MR) is 57.1 cm³/mol. The fourth-order valence-corrected chi connectivity index (χ4v) is 2.76. The molecule has 0 N–H and O–H groups in total. The van der Waals surface area contributed by atoms with Crippen molar-refractivity contribution in [2.45, 2.75) is 25.0 Å². The Bertz CT molecular complexity index is 323. The molecule has 0 atom stereocenters. The van der Waals surface area contributed by atoms with Crippen LogP contribution in [-0.4, -0.2) is 10.1 Å². The van der Waals surface area contributed by atoms with E-state index in [0.29, 0.717) is 5.92 Å². The molecule has 0 aliphatic carbocycles. The second-order valence-electron chi connectivity index (χ2n) is 3.25. The standard InChI is InChI=1S/C9H12N2S2/c1-6(2)5-12-9-8(4-10)7(3)11-13-9/h6H,5H2,1-3H3. The Labute approximate surface area is 87.1 Å². The van der Waals surface area contributed by atoms with Crippen LogP contribution in [0.1, 0.15) is 25.1 Å². The van der Waals surface area contributed by atoms with Crippen LogP contribution in [0.15, 0.2) is 4.21 Å². The van der Waals surface area contributed by atoms with Crippen molar-refractivity contribution < 1.29 is 0 Å². The highest BCUT2D eigenvalue weighted by Gasteiger charge is 2.10. The van der Waals surface area contributed by atoms with Crippen molar-refractivity contribution in [2.24, 2.45) is 5.92 Å². The Morgan fingerprint density at radius 3 is 2.85 bits per heavy atom. The highest BCUT2D eigenvalue weighted by Crippen LogP contribution is 2.29. The summed E-state index contributed by atoms with van der Waals surface area (Å²) < 4.78 is 5.23. The summed E-state index contributed by atoms with van der Waals surface area (Å²) in [4.78, 5) is 0. The Kier molecular flexibility index (Phi) is 3.76. The molecule has 0 aromatic carbocycles. The first-order valence-corrected chi connectivity index (χ1v) is 5.90. The summed E-state index contributed by atoms with van der Waals surface area (Å²) in [6.07, 6.45) is 0. The molecule has 2 nitrogen and oxygen atoms in total. The number of hydrogen-bond donors (Lipinski definition) is 0. The van der Waals surface area contributed by atoms with Crippen molar-refractivity contribution in [1.82, 2.24) is 4.37 Å². The largest absolute Gasteiger partial charge is 0.195 e. The highest BCUT2D eigenvalue weighted by atomic mass is 32.2. The number of nitrogens with zero attached hydrogens (tertiary/aromatic N) is 2. The molecule has 0 aliphatic heterocycles. The Morgan fingerprint density at radius 2 is 2.31 bits per heavy atom.